The summed E-state index contributed by atoms with van der Waals surface area (Å²) in [5.41, 5.74) is 0.181. The summed E-state index contributed by atoms with van der Waals surface area (Å²) in [6, 6.07) is 0. The third-order valence-electron chi connectivity index (χ3n) is 4.38. The van der Waals surface area contributed by atoms with Gasteiger partial charge in [0.25, 0.3) is 0 Å². The number of nitrogens with zero attached hydrogens (tertiary/aromatic N) is 2. The lowest BCUT2D eigenvalue weighted by molar-refractivity contribution is -0.134. The van der Waals surface area contributed by atoms with E-state index in [0.717, 1.165) is 32.5 Å². The summed E-state index contributed by atoms with van der Waals surface area (Å²) in [6.45, 7) is 7.74. The van der Waals surface area contributed by atoms with Gasteiger partial charge in [0.15, 0.2) is 0 Å². The Labute approximate surface area is 97.6 Å². The van der Waals surface area contributed by atoms with Gasteiger partial charge in [-0.2, -0.15) is 0 Å². The molecule has 3 saturated heterocycles. The van der Waals surface area contributed by atoms with Crippen LogP contribution < -0.4 is 5.32 Å². The molecule has 0 aromatic heterocycles. The molecule has 3 fully saturated rings. The summed E-state index contributed by atoms with van der Waals surface area (Å²) < 4.78 is 0. The number of aliphatic hydroxyl groups is 1. The fourth-order valence-electron chi connectivity index (χ4n) is 3.78. The highest BCUT2D eigenvalue weighted by Crippen LogP contribution is 2.39. The largest absolute Gasteiger partial charge is 0.388 e. The Morgan fingerprint density at radius 1 is 1.12 bits per heavy atom. The van der Waals surface area contributed by atoms with Gasteiger partial charge in [-0.25, -0.2) is 0 Å². The van der Waals surface area contributed by atoms with Crippen LogP contribution in [0, 0.1) is 5.41 Å². The van der Waals surface area contributed by atoms with Crippen molar-refractivity contribution in [2.45, 2.75) is 18.4 Å². The van der Waals surface area contributed by atoms with E-state index in [0.29, 0.717) is 5.41 Å². The molecule has 0 aliphatic carbocycles. The molecule has 0 saturated carbocycles. The minimum atomic E-state index is -0.414. The van der Waals surface area contributed by atoms with E-state index in [-0.39, 0.29) is 0 Å². The van der Waals surface area contributed by atoms with Crippen molar-refractivity contribution in [2.24, 2.45) is 5.41 Å². The van der Waals surface area contributed by atoms with Gasteiger partial charge >= 0.3 is 0 Å². The zero-order valence-electron chi connectivity index (χ0n) is 10.2. The highest BCUT2D eigenvalue weighted by atomic mass is 16.3. The Balaban J connectivity index is 1.47. The van der Waals surface area contributed by atoms with Gasteiger partial charge in [0.2, 0.25) is 0 Å². The highest BCUT2D eigenvalue weighted by molar-refractivity contribution is 5.06. The van der Waals surface area contributed by atoms with Gasteiger partial charge in [-0.15, -0.1) is 0 Å². The average Bonchev–Trinajstić information content (AvgIpc) is 2.13. The van der Waals surface area contributed by atoms with Crippen molar-refractivity contribution in [3.8, 4) is 0 Å². The number of rotatable bonds is 2. The standard InChI is InChI=1S/C12H23N3O/c1-14-6-11(7-14)8-15(9-11)10-12(16)2-4-13-5-3-12/h13,16H,2-10H2,1H3. The van der Waals surface area contributed by atoms with Crippen molar-refractivity contribution in [1.29, 1.82) is 0 Å². The second-order valence-corrected chi connectivity index (χ2v) is 6.29. The molecule has 0 amide bonds. The second-order valence-electron chi connectivity index (χ2n) is 6.29. The molecule has 0 atom stereocenters. The minimum Gasteiger partial charge on any atom is -0.388 e. The Morgan fingerprint density at radius 3 is 2.31 bits per heavy atom. The summed E-state index contributed by atoms with van der Waals surface area (Å²) in [7, 11) is 2.19. The van der Waals surface area contributed by atoms with Crippen molar-refractivity contribution in [3.63, 3.8) is 0 Å². The summed E-state index contributed by atoms with van der Waals surface area (Å²) in [5.74, 6) is 0. The number of piperidine rings is 1. The first kappa shape index (κ1) is 11.0. The molecule has 0 aromatic carbocycles. The second kappa shape index (κ2) is 3.67. The molecule has 4 nitrogen and oxygen atoms in total. The van der Waals surface area contributed by atoms with Crippen LogP contribution in [0.2, 0.25) is 0 Å². The van der Waals surface area contributed by atoms with Gasteiger partial charge in [-0.05, 0) is 33.0 Å². The fraction of sp³-hybridized carbons (Fsp3) is 1.00. The predicted molar refractivity (Wildman–Crippen MR) is 63.4 cm³/mol. The molecule has 0 radical (unpaired) electrons. The van der Waals surface area contributed by atoms with Crippen LogP contribution in [0.25, 0.3) is 0 Å². The lowest BCUT2D eigenvalue weighted by Gasteiger charge is -2.60. The van der Waals surface area contributed by atoms with Crippen LogP contribution in [0.5, 0.6) is 0 Å². The fourth-order valence-corrected chi connectivity index (χ4v) is 3.78. The van der Waals surface area contributed by atoms with Crippen LogP contribution in [0.4, 0.5) is 0 Å². The maximum atomic E-state index is 10.4. The maximum absolute atomic E-state index is 10.4. The van der Waals surface area contributed by atoms with E-state index in [1.165, 1.54) is 26.2 Å². The first-order chi connectivity index (χ1) is 7.59. The third kappa shape index (κ3) is 1.88. The molecular weight excluding hydrogens is 202 g/mol. The lowest BCUT2D eigenvalue weighted by Crippen LogP contribution is -2.72. The summed E-state index contributed by atoms with van der Waals surface area (Å²) in [4.78, 5) is 4.83. The topological polar surface area (TPSA) is 38.7 Å². The zero-order valence-corrected chi connectivity index (χ0v) is 10.2. The Bertz CT molecular complexity index is 261. The molecule has 2 N–H and O–H groups in total. The molecule has 0 unspecified atom stereocenters. The van der Waals surface area contributed by atoms with Gasteiger partial charge in [-0.1, -0.05) is 0 Å². The van der Waals surface area contributed by atoms with Crippen molar-refractivity contribution in [3.05, 3.63) is 0 Å². The maximum Gasteiger partial charge on any atom is 0.0798 e. The zero-order chi connectivity index (χ0) is 11.2. The summed E-state index contributed by atoms with van der Waals surface area (Å²) >= 11 is 0. The van der Waals surface area contributed by atoms with Gasteiger partial charge in [-0.3, -0.25) is 4.90 Å². The minimum absolute atomic E-state index is 0.414. The van der Waals surface area contributed by atoms with Crippen LogP contribution in [0.1, 0.15) is 12.8 Å². The molecule has 3 aliphatic rings. The molecule has 0 aromatic rings. The number of likely N-dealkylation sites (tertiary alicyclic amines) is 2. The van der Waals surface area contributed by atoms with E-state index in [1.54, 1.807) is 0 Å². The molecule has 3 rings (SSSR count). The van der Waals surface area contributed by atoms with Crippen molar-refractivity contribution in [2.75, 3.05) is 52.9 Å². The number of hydrogen-bond donors (Lipinski definition) is 2. The van der Waals surface area contributed by atoms with Gasteiger partial charge in [0.1, 0.15) is 0 Å². The quantitative estimate of drug-likeness (QED) is 0.655. The normalized spacial score (nSPS) is 33.4. The van der Waals surface area contributed by atoms with Crippen LogP contribution in [0.3, 0.4) is 0 Å². The van der Waals surface area contributed by atoms with E-state index < -0.39 is 5.60 Å². The molecule has 3 heterocycles. The van der Waals surface area contributed by atoms with Crippen molar-refractivity contribution >= 4 is 0 Å². The van der Waals surface area contributed by atoms with E-state index in [2.05, 4.69) is 22.2 Å². The number of hydrogen-bond acceptors (Lipinski definition) is 4. The molecule has 1 spiro atoms. The first-order valence-corrected chi connectivity index (χ1v) is 6.43. The summed E-state index contributed by atoms with van der Waals surface area (Å²) in [5, 5.41) is 13.7. The average molecular weight is 225 g/mol. The summed E-state index contributed by atoms with van der Waals surface area (Å²) in [6.07, 6.45) is 1.83. The van der Waals surface area contributed by atoms with Crippen molar-refractivity contribution in [1.82, 2.24) is 15.1 Å². The van der Waals surface area contributed by atoms with Gasteiger partial charge in [0, 0.05) is 38.1 Å². The lowest BCUT2D eigenvalue weighted by atomic mass is 9.72. The Hall–Kier alpha value is -0.160. The third-order valence-corrected chi connectivity index (χ3v) is 4.38. The van der Waals surface area contributed by atoms with E-state index in [4.69, 9.17) is 0 Å². The molecule has 4 heteroatoms. The molecule has 0 bridgehead atoms. The van der Waals surface area contributed by atoms with E-state index in [9.17, 15) is 5.11 Å². The molecular formula is C12H23N3O. The van der Waals surface area contributed by atoms with Crippen LogP contribution in [0.15, 0.2) is 0 Å². The first-order valence-electron chi connectivity index (χ1n) is 6.43. The van der Waals surface area contributed by atoms with Crippen LogP contribution in [-0.4, -0.2) is 73.4 Å². The monoisotopic (exact) mass is 225 g/mol. The number of β-amino-alcohol motifs (C(OH)–C–C–N with tert-alkyl or cyclic N) is 1. The molecule has 16 heavy (non-hydrogen) atoms. The highest BCUT2D eigenvalue weighted by Gasteiger charge is 2.51. The van der Waals surface area contributed by atoms with Gasteiger partial charge in [0.05, 0.1) is 5.60 Å². The Kier molecular flexibility index (Phi) is 2.51. The predicted octanol–water partition coefficient (Wildman–Crippen LogP) is -0.652. The molecule has 92 valence electrons. The SMILES string of the molecule is CN1CC2(C1)CN(CC1(O)CCNCC1)C2. The smallest absolute Gasteiger partial charge is 0.0798 e. The van der Waals surface area contributed by atoms with Gasteiger partial charge < -0.3 is 15.3 Å². The van der Waals surface area contributed by atoms with Crippen LogP contribution >= 0.6 is 0 Å². The van der Waals surface area contributed by atoms with E-state index in [1.807, 2.05) is 0 Å². The molecule has 3 aliphatic heterocycles. The van der Waals surface area contributed by atoms with E-state index >= 15 is 0 Å². The Morgan fingerprint density at radius 2 is 1.75 bits per heavy atom. The number of nitrogens with one attached hydrogen (secondary N) is 1. The van der Waals surface area contributed by atoms with Crippen molar-refractivity contribution < 1.29 is 5.11 Å². The van der Waals surface area contributed by atoms with Crippen LogP contribution in [-0.2, 0) is 0 Å².